The number of rotatable bonds is 18. The zero-order valence-electron chi connectivity index (χ0n) is 39.1. The Morgan fingerprint density at radius 3 is 2.45 bits per heavy atom. The minimum Gasteiger partial charge on any atom is -0.376 e. The monoisotopic (exact) mass is 968 g/mol. The second kappa shape index (κ2) is 21.8. The van der Waals surface area contributed by atoms with E-state index in [1.54, 1.807) is 11.8 Å². The summed E-state index contributed by atoms with van der Waals surface area (Å²) in [6, 6.07) is 21.9. The fourth-order valence-electron chi connectivity index (χ4n) is 9.77. The number of hydrogen-bond acceptors (Lipinski definition) is 12. The third kappa shape index (κ3) is 12.9. The van der Waals surface area contributed by atoms with Gasteiger partial charge in [-0.15, -0.1) is 11.8 Å². The molecule has 8 rings (SSSR count). The van der Waals surface area contributed by atoms with Crippen molar-refractivity contribution in [3.05, 3.63) is 134 Å². The van der Waals surface area contributed by atoms with Gasteiger partial charge in [0.25, 0.3) is 15.7 Å². The number of likely N-dealkylation sites (tertiary alicyclic amines) is 1. The Hall–Kier alpha value is -4.64. The molecule has 3 aromatic carbocycles. The quantitative estimate of drug-likeness (QED) is 0.0638. The van der Waals surface area contributed by atoms with Gasteiger partial charge in [0.15, 0.2) is 0 Å². The molecule has 2 fully saturated rings. The molecule has 5 aliphatic rings. The molecule has 0 aromatic heterocycles. The molecule has 2 aliphatic carbocycles. The molecule has 0 bridgehead atoms. The Morgan fingerprint density at radius 1 is 0.985 bits per heavy atom. The molecule has 2 atom stereocenters. The third-order valence-corrected chi connectivity index (χ3v) is 16.2. The van der Waals surface area contributed by atoms with E-state index in [0.717, 1.165) is 106 Å². The van der Waals surface area contributed by atoms with Gasteiger partial charge in [-0.2, -0.15) is 0 Å². The molecule has 13 nitrogen and oxygen atoms in total. The number of hydrogen-bond donors (Lipinski definition) is 3. The van der Waals surface area contributed by atoms with Crippen LogP contribution in [0.5, 0.6) is 0 Å². The predicted octanol–water partition coefficient (Wildman–Crippen LogP) is 9.33. The highest BCUT2D eigenvalue weighted by molar-refractivity contribution is 7.99. The summed E-state index contributed by atoms with van der Waals surface area (Å²) in [7, 11) is -4.24. The molecule has 2 saturated heterocycles. The van der Waals surface area contributed by atoms with Crippen LogP contribution in [-0.2, 0) is 14.8 Å². The first kappa shape index (κ1) is 48.8. The molecule has 0 amide bonds. The first-order valence-electron chi connectivity index (χ1n) is 23.7. The van der Waals surface area contributed by atoms with Crippen LogP contribution in [0.2, 0.25) is 5.02 Å². The first-order valence-corrected chi connectivity index (χ1v) is 26.5. The van der Waals surface area contributed by atoms with Crippen LogP contribution in [0.4, 0.5) is 11.4 Å². The Morgan fingerprint density at radius 2 is 1.73 bits per heavy atom. The Kier molecular flexibility index (Phi) is 15.9. The molecule has 3 N–H and O–H groups in total. The lowest BCUT2D eigenvalue weighted by Crippen LogP contribution is -2.47. The highest BCUT2D eigenvalue weighted by Crippen LogP contribution is 2.43. The van der Waals surface area contributed by atoms with E-state index in [1.165, 1.54) is 41.6 Å². The number of thioether (sulfide) groups is 1. The minimum absolute atomic E-state index is 0.121. The van der Waals surface area contributed by atoms with E-state index < -0.39 is 21.0 Å². The van der Waals surface area contributed by atoms with Crippen LogP contribution in [0.15, 0.2) is 128 Å². The van der Waals surface area contributed by atoms with Gasteiger partial charge in [-0.1, -0.05) is 67.4 Å². The normalized spacial score (nSPS) is 21.0. The van der Waals surface area contributed by atoms with Gasteiger partial charge < -0.3 is 25.2 Å². The molecule has 16 heteroatoms. The number of nitrogens with zero attached hydrogens (tertiary/aromatic N) is 5. The number of halogens is 1. The lowest BCUT2D eigenvalue weighted by atomic mass is 9.73. The maximum absolute atomic E-state index is 14.0. The second-order valence-electron chi connectivity index (χ2n) is 19.3. The molecular weight excluding hydrogens is 904 g/mol. The van der Waals surface area contributed by atoms with Gasteiger partial charge in [0.05, 0.1) is 28.4 Å². The summed E-state index contributed by atoms with van der Waals surface area (Å²) >= 11 is 7.92. The van der Waals surface area contributed by atoms with E-state index in [4.69, 9.17) is 16.3 Å². The van der Waals surface area contributed by atoms with Crippen molar-refractivity contribution < 1.29 is 18.1 Å². The fraction of sp³-hybridized carbons (Fsp3) is 0.471. The topological polar surface area (TPSA) is 145 Å². The third-order valence-electron chi connectivity index (χ3n) is 13.4. The molecule has 3 aromatic rings. The smallest absolute Gasteiger partial charge is 0.293 e. The minimum atomic E-state index is -4.24. The number of nitro groups is 1. The van der Waals surface area contributed by atoms with Crippen LogP contribution >= 0.6 is 23.4 Å². The van der Waals surface area contributed by atoms with E-state index in [-0.39, 0.29) is 45.8 Å². The summed E-state index contributed by atoms with van der Waals surface area (Å²) in [6.45, 7) is 16.1. The molecule has 67 heavy (non-hydrogen) atoms. The SMILES string of the molecule is CC(C)OC1CCN(CC[C@H](CSc2ccccc2)Nc2ccc(S(=O)(=O)NC3=C4C=CC(N5CCN(CC6=C(c7ccc(Cl)cc7)CCC(C)(C)C6)CC5)=CC4N=CN3)cc2[N+](=O)[O-])CC1. The summed E-state index contributed by atoms with van der Waals surface area (Å²) in [5.74, 6) is 0.934. The van der Waals surface area contributed by atoms with Crippen LogP contribution in [0.25, 0.3) is 5.57 Å². The van der Waals surface area contributed by atoms with E-state index in [1.807, 2.05) is 42.5 Å². The van der Waals surface area contributed by atoms with Gasteiger partial charge in [-0.25, -0.2) is 8.42 Å². The predicted molar refractivity (Wildman–Crippen MR) is 272 cm³/mol. The van der Waals surface area contributed by atoms with Gasteiger partial charge in [0.2, 0.25) is 0 Å². The highest BCUT2D eigenvalue weighted by Gasteiger charge is 2.32. The van der Waals surface area contributed by atoms with Crippen molar-refractivity contribution in [1.82, 2.24) is 24.7 Å². The van der Waals surface area contributed by atoms with Crippen LogP contribution < -0.4 is 15.4 Å². The number of benzene rings is 3. The summed E-state index contributed by atoms with van der Waals surface area (Å²) in [5, 5.41) is 19.8. The number of anilines is 1. The Bertz CT molecular complexity index is 2490. The maximum atomic E-state index is 14.0. The molecular formula is C51H65ClN8O5S2. The molecule has 0 spiro atoms. The number of ether oxygens (including phenoxy) is 1. The summed E-state index contributed by atoms with van der Waals surface area (Å²) < 4.78 is 36.7. The van der Waals surface area contributed by atoms with Crippen LogP contribution in [0.1, 0.15) is 71.8 Å². The molecule has 3 aliphatic heterocycles. The summed E-state index contributed by atoms with van der Waals surface area (Å²) in [5.41, 5.74) is 6.22. The zero-order valence-corrected chi connectivity index (χ0v) is 41.5. The van der Waals surface area contributed by atoms with Crippen molar-refractivity contribution >= 4 is 56.7 Å². The van der Waals surface area contributed by atoms with E-state index in [0.29, 0.717) is 11.3 Å². The second-order valence-corrected chi connectivity index (χ2v) is 22.5. The average molecular weight is 970 g/mol. The first-order chi connectivity index (χ1) is 32.2. The van der Waals surface area contributed by atoms with Gasteiger partial charge >= 0.3 is 0 Å². The van der Waals surface area contributed by atoms with Gasteiger partial charge in [0, 0.05) is 91.4 Å². The van der Waals surface area contributed by atoms with Crippen molar-refractivity contribution in [2.75, 3.05) is 63.4 Å². The number of nitrogens with one attached hydrogen (secondary N) is 3. The van der Waals surface area contributed by atoms with Gasteiger partial charge in [-0.3, -0.25) is 24.7 Å². The average Bonchev–Trinajstić information content (AvgIpc) is 3.31. The van der Waals surface area contributed by atoms with Crippen molar-refractivity contribution in [3.63, 3.8) is 0 Å². The zero-order chi connectivity index (χ0) is 47.1. The molecule has 0 saturated carbocycles. The lowest BCUT2D eigenvalue weighted by Gasteiger charge is -2.40. The van der Waals surface area contributed by atoms with Gasteiger partial charge in [0.1, 0.15) is 17.6 Å². The number of piperazine rings is 1. The van der Waals surface area contributed by atoms with Crippen LogP contribution in [-0.4, -0.2) is 117 Å². The number of piperidine rings is 1. The van der Waals surface area contributed by atoms with E-state index in [2.05, 4.69) is 93.1 Å². The molecule has 3 heterocycles. The Balaban J connectivity index is 0.907. The van der Waals surface area contributed by atoms with Crippen molar-refractivity contribution in [1.29, 1.82) is 0 Å². The highest BCUT2D eigenvalue weighted by atomic mass is 35.5. The molecule has 358 valence electrons. The standard InChI is InChI=1S/C51H65ClN8O5S2/c1-36(2)65-42-20-24-57(25-21-42)23-19-40(34-66-43-8-6-5-7-9-43)55-47-17-15-44(31-49(47)60(61)62)67(63,64)56-50-46-16-14-41(30-48(46)53-35-54-50)59-28-26-58(27-29-59)33-38-32-51(3,4)22-18-45(38)37-10-12-39(52)13-11-37/h5-17,30-31,35-36,40,42,48,55-56H,18-29,32-34H2,1-4H3,(H,53,54)/t40-,48?/m1/s1. The van der Waals surface area contributed by atoms with Crippen molar-refractivity contribution in [2.45, 2.75) is 100 Å². The number of nitro benzene ring substituents is 1. The van der Waals surface area contributed by atoms with E-state index in [9.17, 15) is 18.5 Å². The van der Waals surface area contributed by atoms with Gasteiger partial charge in [-0.05, 0) is 117 Å². The van der Waals surface area contributed by atoms with Crippen molar-refractivity contribution in [3.8, 4) is 0 Å². The molecule has 0 radical (unpaired) electrons. The maximum Gasteiger partial charge on any atom is 0.293 e. The number of fused-ring (bicyclic) bond motifs is 1. The molecule has 1 unspecified atom stereocenters. The lowest BCUT2D eigenvalue weighted by molar-refractivity contribution is -0.384. The Labute approximate surface area is 406 Å². The van der Waals surface area contributed by atoms with Crippen molar-refractivity contribution in [2.24, 2.45) is 10.4 Å². The largest absolute Gasteiger partial charge is 0.376 e. The van der Waals surface area contributed by atoms with Crippen LogP contribution in [0.3, 0.4) is 0 Å². The summed E-state index contributed by atoms with van der Waals surface area (Å²) in [4.78, 5) is 25.0. The van der Waals surface area contributed by atoms with E-state index >= 15 is 0 Å². The number of sulfonamides is 1. The number of allylic oxidation sites excluding steroid dienone is 2. The fourth-order valence-corrected chi connectivity index (χ4v) is 12.0. The van der Waals surface area contributed by atoms with Crippen LogP contribution in [0, 0.1) is 15.5 Å². The number of aliphatic imine (C=N–C) groups is 1. The summed E-state index contributed by atoms with van der Waals surface area (Å²) in [6.07, 6.45) is 14.0.